The molecule has 3 fully saturated rings. The Labute approximate surface area is 211 Å². The van der Waals surface area contributed by atoms with E-state index in [-0.39, 0.29) is 17.9 Å². The van der Waals surface area contributed by atoms with Gasteiger partial charge in [0.25, 0.3) is 0 Å². The van der Waals surface area contributed by atoms with Gasteiger partial charge < -0.3 is 19.3 Å². The number of benzene rings is 2. The number of ketones is 1. The molecule has 2 atom stereocenters. The van der Waals surface area contributed by atoms with Gasteiger partial charge in [0, 0.05) is 47.8 Å². The fourth-order valence-corrected chi connectivity index (χ4v) is 5.48. The predicted octanol–water partition coefficient (Wildman–Crippen LogP) is 4.28. The number of nitrogens with zero attached hydrogens (tertiary/aromatic N) is 2. The summed E-state index contributed by atoms with van der Waals surface area (Å²) in [5.74, 6) is 0.621. The van der Waals surface area contributed by atoms with E-state index < -0.39 is 6.04 Å². The van der Waals surface area contributed by atoms with E-state index in [2.05, 4.69) is 10.3 Å². The number of ether oxygens (including phenoxy) is 2. The molecular weight excluding hydrogens is 454 g/mol. The number of para-hydroxylation sites is 1. The Balaban J connectivity index is 1.32. The van der Waals surface area contributed by atoms with Crippen LogP contribution >= 0.6 is 0 Å². The Morgan fingerprint density at radius 1 is 1.00 bits per heavy atom. The minimum Gasteiger partial charge on any atom is -0.481 e. The van der Waals surface area contributed by atoms with Crippen LogP contribution in [0.4, 0.5) is 5.69 Å². The number of hydrogen-bond donors (Lipinski definition) is 1. The van der Waals surface area contributed by atoms with Gasteiger partial charge in [-0.2, -0.15) is 0 Å². The highest BCUT2D eigenvalue weighted by Gasteiger charge is 2.49. The number of esters is 1. The number of piperidine rings is 3. The highest BCUT2D eigenvalue weighted by molar-refractivity contribution is 5.97. The molecule has 0 saturated carbocycles. The number of aromatic nitrogens is 1. The van der Waals surface area contributed by atoms with Crippen LogP contribution in [0.2, 0.25) is 0 Å². The highest BCUT2D eigenvalue weighted by atomic mass is 16.5. The molecule has 1 aromatic heterocycles. The first-order chi connectivity index (χ1) is 17.5. The van der Waals surface area contributed by atoms with E-state index in [4.69, 9.17) is 9.47 Å². The lowest BCUT2D eigenvalue weighted by molar-refractivity contribution is -0.938. The smallest absolute Gasteiger partial charge is 0.333 e. The first kappa shape index (κ1) is 24.0. The van der Waals surface area contributed by atoms with Crippen molar-refractivity contribution in [1.82, 2.24) is 4.98 Å². The van der Waals surface area contributed by atoms with E-state index in [0.29, 0.717) is 34.9 Å². The Kier molecular flexibility index (Phi) is 7.00. The average molecular weight is 487 g/mol. The third kappa shape index (κ3) is 5.26. The maximum atomic E-state index is 13.6. The van der Waals surface area contributed by atoms with Gasteiger partial charge in [-0.25, -0.2) is 9.78 Å². The summed E-state index contributed by atoms with van der Waals surface area (Å²) in [6, 6.07) is 21.9. The number of rotatable bonds is 9. The van der Waals surface area contributed by atoms with Crippen LogP contribution in [0.1, 0.15) is 34.8 Å². The zero-order valence-electron chi connectivity index (χ0n) is 20.5. The van der Waals surface area contributed by atoms with Crippen LogP contribution in [0.3, 0.4) is 0 Å². The fourth-order valence-electron chi connectivity index (χ4n) is 5.48. The van der Waals surface area contributed by atoms with Crippen molar-refractivity contribution in [3.8, 4) is 5.88 Å². The number of nitrogens with one attached hydrogen (secondary N) is 1. The SMILES string of the molecule is COc1ccc(C(Nc2ccccc2)C(=O)O[C@H]2C[N+]3(CC(=O)c4ccccc4)CCC2CC3)cn1. The Morgan fingerprint density at radius 2 is 1.69 bits per heavy atom. The van der Waals surface area contributed by atoms with Crippen molar-refractivity contribution in [2.45, 2.75) is 25.0 Å². The molecule has 4 heterocycles. The van der Waals surface area contributed by atoms with Crippen LogP contribution in [0.25, 0.3) is 0 Å². The van der Waals surface area contributed by atoms with Crippen molar-refractivity contribution in [2.75, 3.05) is 38.6 Å². The molecule has 6 rings (SSSR count). The van der Waals surface area contributed by atoms with Crippen molar-refractivity contribution >= 4 is 17.4 Å². The second kappa shape index (κ2) is 10.5. The van der Waals surface area contributed by atoms with Gasteiger partial charge in [0.1, 0.15) is 13.1 Å². The quantitative estimate of drug-likeness (QED) is 0.276. The molecule has 7 heteroatoms. The topological polar surface area (TPSA) is 77.5 Å². The average Bonchev–Trinajstić information content (AvgIpc) is 2.93. The summed E-state index contributed by atoms with van der Waals surface area (Å²) < 4.78 is 12.1. The molecule has 3 aromatic rings. The second-order valence-electron chi connectivity index (χ2n) is 9.81. The number of carbonyl (C=O) groups is 2. The number of anilines is 1. The summed E-state index contributed by atoms with van der Waals surface area (Å²) >= 11 is 0. The third-order valence-corrected chi connectivity index (χ3v) is 7.51. The van der Waals surface area contributed by atoms with E-state index in [1.807, 2.05) is 66.7 Å². The summed E-state index contributed by atoms with van der Waals surface area (Å²) in [5, 5.41) is 3.31. The van der Waals surface area contributed by atoms with Crippen LogP contribution < -0.4 is 10.1 Å². The summed E-state index contributed by atoms with van der Waals surface area (Å²) in [5.41, 5.74) is 2.26. The number of Topliss-reactive ketones (excluding diaryl/α,β-unsaturated/α-hetero) is 1. The minimum absolute atomic E-state index is 0.147. The van der Waals surface area contributed by atoms with Crippen LogP contribution in [0, 0.1) is 5.92 Å². The maximum absolute atomic E-state index is 13.6. The Bertz CT molecular complexity index is 1180. The van der Waals surface area contributed by atoms with E-state index >= 15 is 0 Å². The number of methoxy groups -OCH3 is 1. The normalized spacial score (nSPS) is 23.5. The molecule has 36 heavy (non-hydrogen) atoms. The molecule has 2 aromatic carbocycles. The van der Waals surface area contributed by atoms with Crippen LogP contribution in [-0.4, -0.2) is 60.6 Å². The van der Waals surface area contributed by atoms with Crippen molar-refractivity contribution in [3.05, 3.63) is 90.1 Å². The van der Waals surface area contributed by atoms with Gasteiger partial charge in [0.2, 0.25) is 11.7 Å². The molecule has 3 aliphatic heterocycles. The second-order valence-corrected chi connectivity index (χ2v) is 9.81. The van der Waals surface area contributed by atoms with Crippen LogP contribution in [0.5, 0.6) is 5.88 Å². The minimum atomic E-state index is -0.708. The molecule has 186 valence electrons. The van der Waals surface area contributed by atoms with Gasteiger partial charge >= 0.3 is 5.97 Å². The zero-order chi connectivity index (χ0) is 25.0. The maximum Gasteiger partial charge on any atom is 0.333 e. The highest BCUT2D eigenvalue weighted by Crippen LogP contribution is 2.36. The van der Waals surface area contributed by atoms with Gasteiger partial charge in [0.15, 0.2) is 12.1 Å². The lowest BCUT2D eigenvalue weighted by atomic mass is 9.82. The zero-order valence-corrected chi connectivity index (χ0v) is 20.5. The van der Waals surface area contributed by atoms with Crippen molar-refractivity contribution in [2.24, 2.45) is 5.92 Å². The lowest BCUT2D eigenvalue weighted by Gasteiger charge is -2.51. The van der Waals surface area contributed by atoms with E-state index in [9.17, 15) is 9.59 Å². The van der Waals surface area contributed by atoms with Crippen molar-refractivity contribution < 1.29 is 23.5 Å². The fraction of sp³-hybridized carbons (Fsp3) is 0.345. The lowest BCUT2D eigenvalue weighted by Crippen LogP contribution is -2.65. The number of quaternary nitrogens is 1. The number of hydrogen-bond acceptors (Lipinski definition) is 6. The van der Waals surface area contributed by atoms with E-state index in [0.717, 1.165) is 37.2 Å². The van der Waals surface area contributed by atoms with Gasteiger partial charge in [-0.05, 0) is 18.2 Å². The number of pyridine rings is 1. The summed E-state index contributed by atoms with van der Waals surface area (Å²) in [4.78, 5) is 30.9. The first-order valence-corrected chi connectivity index (χ1v) is 12.5. The number of fused-ring (bicyclic) bond motifs is 3. The number of carbonyl (C=O) groups excluding carboxylic acids is 2. The molecule has 1 N–H and O–H groups in total. The first-order valence-electron chi connectivity index (χ1n) is 12.5. The molecule has 3 aliphatic rings. The molecule has 7 nitrogen and oxygen atoms in total. The van der Waals surface area contributed by atoms with Gasteiger partial charge in [-0.15, -0.1) is 0 Å². The van der Waals surface area contributed by atoms with Gasteiger partial charge in [-0.3, -0.25) is 4.79 Å². The van der Waals surface area contributed by atoms with Gasteiger partial charge in [0.05, 0.1) is 20.2 Å². The molecule has 1 unspecified atom stereocenters. The molecular formula is C29H32N3O4+. The molecule has 0 amide bonds. The molecule has 0 radical (unpaired) electrons. The predicted molar refractivity (Wildman–Crippen MR) is 137 cm³/mol. The Hall–Kier alpha value is -3.71. The largest absolute Gasteiger partial charge is 0.481 e. The molecule has 0 spiro atoms. The third-order valence-electron chi connectivity index (χ3n) is 7.51. The molecule has 2 bridgehead atoms. The molecule has 0 aliphatic carbocycles. The standard InChI is InChI=1S/C29H32N3O4/c1-35-27-13-12-23(18-30-27)28(31-24-10-6-3-7-11-24)29(34)36-26-20-32(16-14-22(26)15-17-32)19-25(33)21-8-4-2-5-9-21/h2-13,18,22,26,28,31H,14-17,19-20H2,1H3/q+1/t22?,26-,28?,32?/m0/s1. The van der Waals surface area contributed by atoms with Crippen LogP contribution in [0.15, 0.2) is 79.0 Å². The summed E-state index contributed by atoms with van der Waals surface area (Å²) in [6.07, 6.45) is 3.35. The van der Waals surface area contributed by atoms with Crippen molar-refractivity contribution in [1.29, 1.82) is 0 Å². The van der Waals surface area contributed by atoms with Crippen LogP contribution in [-0.2, 0) is 9.53 Å². The molecule has 3 saturated heterocycles. The van der Waals surface area contributed by atoms with E-state index in [1.165, 1.54) is 0 Å². The van der Waals surface area contributed by atoms with Gasteiger partial charge in [-0.1, -0.05) is 48.5 Å². The van der Waals surface area contributed by atoms with Crippen molar-refractivity contribution in [3.63, 3.8) is 0 Å². The Morgan fingerprint density at radius 3 is 2.33 bits per heavy atom. The summed E-state index contributed by atoms with van der Waals surface area (Å²) in [7, 11) is 1.56. The van der Waals surface area contributed by atoms with E-state index in [1.54, 1.807) is 19.4 Å². The summed E-state index contributed by atoms with van der Waals surface area (Å²) in [6.45, 7) is 3.02. The monoisotopic (exact) mass is 486 g/mol.